The molecule has 62 valence electrons. The fourth-order valence-electron chi connectivity index (χ4n) is 0.508. The summed E-state index contributed by atoms with van der Waals surface area (Å²) in [6, 6.07) is 0. The van der Waals surface area contributed by atoms with E-state index in [1.807, 2.05) is 6.92 Å². The molecule has 0 aliphatic carbocycles. The van der Waals surface area contributed by atoms with Crippen LogP contribution in [-0.2, 0) is 9.47 Å². The molecule has 0 fully saturated rings. The summed E-state index contributed by atoms with van der Waals surface area (Å²) in [4.78, 5) is 0. The summed E-state index contributed by atoms with van der Waals surface area (Å²) in [7, 11) is 0. The Morgan fingerprint density at radius 3 is 2.80 bits per heavy atom. The Morgan fingerprint density at radius 2 is 2.30 bits per heavy atom. The van der Waals surface area contributed by atoms with Gasteiger partial charge < -0.3 is 20.3 Å². The van der Waals surface area contributed by atoms with E-state index >= 15 is 0 Å². The van der Waals surface area contributed by atoms with E-state index in [1.54, 1.807) is 0 Å². The summed E-state index contributed by atoms with van der Waals surface area (Å²) in [6.07, 6.45) is -0.809. The van der Waals surface area contributed by atoms with E-state index in [4.69, 9.17) is 20.3 Å². The topological polar surface area (TPSA) is 64.7 Å². The van der Waals surface area contributed by atoms with Gasteiger partial charge in [0, 0.05) is 13.2 Å². The molecule has 0 rings (SSSR count). The number of ether oxygens (including phenoxy) is 2. The summed E-state index contributed by atoms with van der Waals surface area (Å²) in [5.41, 5.74) is 5.14. The van der Waals surface area contributed by atoms with Crippen molar-refractivity contribution in [1.29, 1.82) is 0 Å². The fourth-order valence-corrected chi connectivity index (χ4v) is 0.508. The van der Waals surface area contributed by atoms with Gasteiger partial charge in [-0.3, -0.25) is 0 Å². The van der Waals surface area contributed by atoms with Crippen LogP contribution in [0.4, 0.5) is 0 Å². The summed E-state index contributed by atoms with van der Waals surface area (Å²) in [5, 5.41) is 8.89. The van der Waals surface area contributed by atoms with E-state index in [1.165, 1.54) is 0 Å². The van der Waals surface area contributed by atoms with E-state index < -0.39 is 6.29 Å². The molecule has 0 aliphatic rings. The highest BCUT2D eigenvalue weighted by Crippen LogP contribution is 1.86. The van der Waals surface area contributed by atoms with Crippen molar-refractivity contribution < 1.29 is 14.6 Å². The van der Waals surface area contributed by atoms with Crippen molar-refractivity contribution in [3.8, 4) is 0 Å². The van der Waals surface area contributed by atoms with Crippen LogP contribution >= 0.6 is 0 Å². The molecule has 0 heterocycles. The smallest absolute Gasteiger partial charge is 0.178 e. The van der Waals surface area contributed by atoms with Gasteiger partial charge in [0.25, 0.3) is 0 Å². The number of hydrogen-bond donors (Lipinski definition) is 2. The number of hydrogen-bond acceptors (Lipinski definition) is 4. The van der Waals surface area contributed by atoms with E-state index in [-0.39, 0.29) is 6.61 Å². The highest BCUT2D eigenvalue weighted by atomic mass is 16.6. The Balaban J connectivity index is 2.97. The molecule has 0 aromatic heterocycles. The maximum Gasteiger partial charge on any atom is 0.178 e. The van der Waals surface area contributed by atoms with Crippen LogP contribution in [0.2, 0.25) is 0 Å². The van der Waals surface area contributed by atoms with Gasteiger partial charge in [0.1, 0.15) is 0 Å². The van der Waals surface area contributed by atoms with Gasteiger partial charge in [0.05, 0.1) is 13.2 Å². The third-order valence-corrected chi connectivity index (χ3v) is 0.882. The highest BCUT2D eigenvalue weighted by molar-refractivity contribution is 4.37. The number of nitrogens with two attached hydrogens (primary N) is 1. The maximum absolute atomic E-state index is 8.89. The second-order valence-corrected chi connectivity index (χ2v) is 1.77. The predicted octanol–water partition coefficient (Wildman–Crippen LogP) is -0.683. The zero-order chi connectivity index (χ0) is 7.82. The standard InChI is InChI=1S/C6H15NO3/c1-2-10-6(8)5-9-4-3-7/h6,8H,2-5,7H2,1H3. The molecule has 4 nitrogen and oxygen atoms in total. The Kier molecular flexibility index (Phi) is 6.84. The molecule has 3 N–H and O–H groups in total. The van der Waals surface area contributed by atoms with Gasteiger partial charge in [-0.15, -0.1) is 0 Å². The first kappa shape index (κ1) is 9.84. The van der Waals surface area contributed by atoms with Crippen LogP contribution in [0.15, 0.2) is 0 Å². The van der Waals surface area contributed by atoms with Crippen molar-refractivity contribution in [3.05, 3.63) is 0 Å². The fraction of sp³-hybridized carbons (Fsp3) is 1.00. The van der Waals surface area contributed by atoms with Gasteiger partial charge in [-0.2, -0.15) is 0 Å². The van der Waals surface area contributed by atoms with Crippen LogP contribution < -0.4 is 5.73 Å². The van der Waals surface area contributed by atoms with Crippen molar-refractivity contribution in [1.82, 2.24) is 0 Å². The van der Waals surface area contributed by atoms with Crippen molar-refractivity contribution in [2.75, 3.05) is 26.4 Å². The Labute approximate surface area is 60.9 Å². The van der Waals surface area contributed by atoms with E-state index in [9.17, 15) is 0 Å². The molecule has 10 heavy (non-hydrogen) atoms. The molecule has 0 radical (unpaired) electrons. The van der Waals surface area contributed by atoms with Crippen molar-refractivity contribution in [3.63, 3.8) is 0 Å². The molecule has 0 aromatic carbocycles. The van der Waals surface area contributed by atoms with Crippen molar-refractivity contribution >= 4 is 0 Å². The zero-order valence-corrected chi connectivity index (χ0v) is 6.25. The molecule has 0 aliphatic heterocycles. The van der Waals surface area contributed by atoms with Crippen LogP contribution in [0, 0.1) is 0 Å². The zero-order valence-electron chi connectivity index (χ0n) is 6.25. The average Bonchev–Trinajstić information content (AvgIpc) is 1.89. The lowest BCUT2D eigenvalue weighted by Crippen LogP contribution is -2.21. The lowest BCUT2D eigenvalue weighted by atomic mass is 10.6. The van der Waals surface area contributed by atoms with Crippen LogP contribution in [0.1, 0.15) is 6.92 Å². The maximum atomic E-state index is 8.89. The first-order valence-corrected chi connectivity index (χ1v) is 3.38. The lowest BCUT2D eigenvalue weighted by molar-refractivity contribution is -0.133. The van der Waals surface area contributed by atoms with Gasteiger partial charge in [-0.1, -0.05) is 0 Å². The minimum Gasteiger partial charge on any atom is -0.375 e. The van der Waals surface area contributed by atoms with Crippen LogP contribution in [-0.4, -0.2) is 37.8 Å². The summed E-state index contributed by atoms with van der Waals surface area (Å²) in [5.74, 6) is 0. The molecule has 0 bridgehead atoms. The lowest BCUT2D eigenvalue weighted by Gasteiger charge is -2.09. The normalized spacial score (nSPS) is 13.5. The van der Waals surface area contributed by atoms with Gasteiger partial charge in [0.15, 0.2) is 6.29 Å². The molecule has 4 heteroatoms. The van der Waals surface area contributed by atoms with Crippen molar-refractivity contribution in [2.45, 2.75) is 13.2 Å². The number of aliphatic hydroxyl groups is 1. The number of rotatable bonds is 6. The molecular weight excluding hydrogens is 134 g/mol. The molecule has 1 unspecified atom stereocenters. The summed E-state index contributed by atoms with van der Waals surface area (Å²) >= 11 is 0. The molecule has 0 spiro atoms. The average molecular weight is 149 g/mol. The van der Waals surface area contributed by atoms with E-state index in [2.05, 4.69) is 0 Å². The molecular formula is C6H15NO3. The van der Waals surface area contributed by atoms with Gasteiger partial charge >= 0.3 is 0 Å². The second-order valence-electron chi connectivity index (χ2n) is 1.77. The molecule has 0 saturated heterocycles. The van der Waals surface area contributed by atoms with Gasteiger partial charge in [0.2, 0.25) is 0 Å². The van der Waals surface area contributed by atoms with Gasteiger partial charge in [-0.05, 0) is 6.92 Å². The van der Waals surface area contributed by atoms with Crippen LogP contribution in [0.25, 0.3) is 0 Å². The van der Waals surface area contributed by atoms with Gasteiger partial charge in [-0.25, -0.2) is 0 Å². The minimum absolute atomic E-state index is 0.199. The summed E-state index contributed by atoms with van der Waals surface area (Å²) in [6.45, 7) is 3.44. The first-order chi connectivity index (χ1) is 4.81. The highest BCUT2D eigenvalue weighted by Gasteiger charge is 2.00. The quantitative estimate of drug-likeness (QED) is 0.388. The van der Waals surface area contributed by atoms with Crippen LogP contribution in [0.5, 0.6) is 0 Å². The third-order valence-electron chi connectivity index (χ3n) is 0.882. The summed E-state index contributed by atoms with van der Waals surface area (Å²) < 4.78 is 9.68. The second kappa shape index (κ2) is 6.95. The Bertz CT molecular complexity index is 70.0. The third kappa shape index (κ3) is 5.97. The molecule has 1 atom stereocenters. The number of aliphatic hydroxyl groups excluding tert-OH is 1. The van der Waals surface area contributed by atoms with E-state index in [0.29, 0.717) is 19.8 Å². The van der Waals surface area contributed by atoms with E-state index in [0.717, 1.165) is 0 Å². The minimum atomic E-state index is -0.809. The predicted molar refractivity (Wildman–Crippen MR) is 37.5 cm³/mol. The Morgan fingerprint density at radius 1 is 1.60 bits per heavy atom. The Hall–Kier alpha value is -0.160. The van der Waals surface area contributed by atoms with Crippen LogP contribution in [0.3, 0.4) is 0 Å². The molecule has 0 saturated carbocycles. The first-order valence-electron chi connectivity index (χ1n) is 3.38. The molecule has 0 amide bonds. The molecule has 0 aromatic rings. The SMILES string of the molecule is CCOC(O)COCCN. The van der Waals surface area contributed by atoms with Crippen molar-refractivity contribution in [2.24, 2.45) is 5.73 Å². The largest absolute Gasteiger partial charge is 0.375 e. The monoisotopic (exact) mass is 149 g/mol.